The van der Waals surface area contributed by atoms with Crippen LogP contribution in [-0.4, -0.2) is 22.2 Å². The summed E-state index contributed by atoms with van der Waals surface area (Å²) in [5.41, 5.74) is 6.28. The van der Waals surface area contributed by atoms with Crippen LogP contribution in [0.15, 0.2) is 16.7 Å². The van der Waals surface area contributed by atoms with E-state index in [4.69, 9.17) is 5.73 Å². The van der Waals surface area contributed by atoms with Crippen LogP contribution in [0.4, 0.5) is 11.5 Å². The summed E-state index contributed by atoms with van der Waals surface area (Å²) in [5, 5.41) is 12.9. The van der Waals surface area contributed by atoms with Gasteiger partial charge in [-0.3, -0.25) is 0 Å². The fourth-order valence-corrected chi connectivity index (χ4v) is 2.71. The van der Waals surface area contributed by atoms with E-state index in [1.54, 1.807) is 6.20 Å². The molecule has 4 N–H and O–H groups in total. The number of nitrogens with one attached hydrogen (secondary N) is 1. The standard InChI is InChI=1S/C12H18BrN3O/c13-9-6-10(14)11(15-7-9)16-12(8-17)4-2-1-3-5-12/h6-7,17H,1-5,8,14H2,(H,15,16). The van der Waals surface area contributed by atoms with Gasteiger partial charge in [-0.05, 0) is 34.8 Å². The van der Waals surface area contributed by atoms with E-state index in [-0.39, 0.29) is 12.1 Å². The molecule has 0 aliphatic heterocycles. The number of anilines is 2. The number of pyridine rings is 1. The lowest BCUT2D eigenvalue weighted by Gasteiger charge is -2.37. The molecule has 1 saturated carbocycles. The van der Waals surface area contributed by atoms with Gasteiger partial charge in [0.15, 0.2) is 0 Å². The molecule has 4 nitrogen and oxygen atoms in total. The Morgan fingerprint density at radius 3 is 2.71 bits per heavy atom. The number of nitrogens with zero attached hydrogens (tertiary/aromatic N) is 1. The van der Waals surface area contributed by atoms with Crippen molar-refractivity contribution in [1.29, 1.82) is 0 Å². The molecule has 5 heteroatoms. The van der Waals surface area contributed by atoms with Crippen molar-refractivity contribution in [2.24, 2.45) is 0 Å². The number of rotatable bonds is 3. The lowest BCUT2D eigenvalue weighted by molar-refractivity contribution is 0.172. The average Bonchev–Trinajstić information content (AvgIpc) is 2.34. The zero-order valence-corrected chi connectivity index (χ0v) is 11.3. The molecule has 1 heterocycles. The molecule has 1 aliphatic rings. The number of nitrogens with two attached hydrogens (primary N) is 1. The third-order valence-electron chi connectivity index (χ3n) is 3.38. The molecule has 0 bridgehead atoms. The summed E-state index contributed by atoms with van der Waals surface area (Å²) in [6.45, 7) is 0.129. The molecule has 17 heavy (non-hydrogen) atoms. The molecule has 1 aromatic rings. The highest BCUT2D eigenvalue weighted by molar-refractivity contribution is 9.10. The predicted molar refractivity (Wildman–Crippen MR) is 72.9 cm³/mol. The highest BCUT2D eigenvalue weighted by Gasteiger charge is 2.31. The first kappa shape index (κ1) is 12.6. The lowest BCUT2D eigenvalue weighted by atomic mass is 9.82. The van der Waals surface area contributed by atoms with Crippen LogP contribution in [-0.2, 0) is 0 Å². The monoisotopic (exact) mass is 299 g/mol. The van der Waals surface area contributed by atoms with Crippen molar-refractivity contribution in [2.45, 2.75) is 37.6 Å². The van der Waals surface area contributed by atoms with Crippen LogP contribution in [0, 0.1) is 0 Å². The normalized spacial score (nSPS) is 18.9. The van der Waals surface area contributed by atoms with Gasteiger partial charge in [-0.2, -0.15) is 0 Å². The second-order valence-corrected chi connectivity index (χ2v) is 5.63. The quantitative estimate of drug-likeness (QED) is 0.802. The van der Waals surface area contributed by atoms with Gasteiger partial charge < -0.3 is 16.2 Å². The second-order valence-electron chi connectivity index (χ2n) is 4.72. The highest BCUT2D eigenvalue weighted by atomic mass is 79.9. The topological polar surface area (TPSA) is 71.2 Å². The molecule has 1 aliphatic carbocycles. The summed E-state index contributed by atoms with van der Waals surface area (Å²) in [7, 11) is 0. The fourth-order valence-electron chi connectivity index (χ4n) is 2.36. The van der Waals surface area contributed by atoms with Gasteiger partial charge in [0.05, 0.1) is 17.8 Å². The zero-order valence-electron chi connectivity index (χ0n) is 9.75. The Morgan fingerprint density at radius 1 is 1.41 bits per heavy atom. The Labute approximate surface area is 110 Å². The largest absolute Gasteiger partial charge is 0.396 e. The van der Waals surface area contributed by atoms with E-state index in [2.05, 4.69) is 26.2 Å². The molecule has 94 valence electrons. The van der Waals surface area contributed by atoms with Crippen molar-refractivity contribution >= 4 is 27.4 Å². The molecule has 0 amide bonds. The number of nitrogen functional groups attached to an aromatic ring is 1. The molecule has 0 radical (unpaired) electrons. The Bertz CT molecular complexity index is 391. The second kappa shape index (κ2) is 5.23. The first-order valence-electron chi connectivity index (χ1n) is 5.95. The Hall–Kier alpha value is -0.810. The van der Waals surface area contributed by atoms with Gasteiger partial charge in [0.1, 0.15) is 5.82 Å². The van der Waals surface area contributed by atoms with Crippen LogP contribution >= 0.6 is 15.9 Å². The molecule has 0 spiro atoms. The van der Waals surface area contributed by atoms with E-state index in [0.717, 1.165) is 30.2 Å². The van der Waals surface area contributed by atoms with Crippen molar-refractivity contribution in [3.8, 4) is 0 Å². The summed E-state index contributed by atoms with van der Waals surface area (Å²) >= 11 is 3.33. The number of halogens is 1. The first-order valence-corrected chi connectivity index (χ1v) is 6.75. The Morgan fingerprint density at radius 2 is 2.12 bits per heavy atom. The predicted octanol–water partition coefficient (Wildman–Crippen LogP) is 2.53. The number of hydrogen-bond acceptors (Lipinski definition) is 4. The summed E-state index contributed by atoms with van der Waals surface area (Å²) in [6, 6.07) is 1.82. The van der Waals surface area contributed by atoms with E-state index in [0.29, 0.717) is 11.5 Å². The smallest absolute Gasteiger partial charge is 0.149 e. The van der Waals surface area contributed by atoms with Gasteiger partial charge in [0.2, 0.25) is 0 Å². The van der Waals surface area contributed by atoms with E-state index in [9.17, 15) is 5.11 Å². The average molecular weight is 300 g/mol. The zero-order chi connectivity index (χ0) is 12.3. The van der Waals surface area contributed by atoms with Crippen molar-refractivity contribution in [3.63, 3.8) is 0 Å². The van der Waals surface area contributed by atoms with Crippen molar-refractivity contribution in [2.75, 3.05) is 17.7 Å². The maximum Gasteiger partial charge on any atom is 0.149 e. The van der Waals surface area contributed by atoms with Gasteiger partial charge in [-0.25, -0.2) is 4.98 Å². The third-order valence-corrected chi connectivity index (χ3v) is 3.81. The van der Waals surface area contributed by atoms with Crippen molar-refractivity contribution in [1.82, 2.24) is 4.98 Å². The van der Waals surface area contributed by atoms with Gasteiger partial charge in [-0.15, -0.1) is 0 Å². The van der Waals surface area contributed by atoms with Gasteiger partial charge in [0.25, 0.3) is 0 Å². The first-order chi connectivity index (χ1) is 8.15. The Balaban J connectivity index is 2.17. The molecule has 1 aromatic heterocycles. The fraction of sp³-hybridized carbons (Fsp3) is 0.583. The molecule has 1 fully saturated rings. The number of aliphatic hydroxyl groups is 1. The molecule has 2 rings (SSSR count). The lowest BCUT2D eigenvalue weighted by Crippen LogP contribution is -2.44. The van der Waals surface area contributed by atoms with Crippen LogP contribution in [0.5, 0.6) is 0 Å². The van der Waals surface area contributed by atoms with Crippen LogP contribution in [0.2, 0.25) is 0 Å². The number of hydrogen-bond donors (Lipinski definition) is 3. The Kier molecular flexibility index (Phi) is 3.89. The number of aliphatic hydroxyl groups excluding tert-OH is 1. The van der Waals surface area contributed by atoms with Gasteiger partial charge in [0, 0.05) is 10.7 Å². The minimum Gasteiger partial charge on any atom is -0.396 e. The molecular formula is C12H18BrN3O. The van der Waals surface area contributed by atoms with E-state index in [1.807, 2.05) is 6.07 Å². The summed E-state index contributed by atoms with van der Waals surface area (Å²) < 4.78 is 0.863. The minimum absolute atomic E-state index is 0.129. The molecule has 0 atom stereocenters. The van der Waals surface area contributed by atoms with Crippen LogP contribution in [0.25, 0.3) is 0 Å². The van der Waals surface area contributed by atoms with E-state index in [1.165, 1.54) is 6.42 Å². The third kappa shape index (κ3) is 2.90. The van der Waals surface area contributed by atoms with Gasteiger partial charge >= 0.3 is 0 Å². The van der Waals surface area contributed by atoms with Crippen LogP contribution < -0.4 is 11.1 Å². The van der Waals surface area contributed by atoms with Crippen molar-refractivity contribution < 1.29 is 5.11 Å². The van der Waals surface area contributed by atoms with Crippen molar-refractivity contribution in [3.05, 3.63) is 16.7 Å². The minimum atomic E-state index is -0.243. The SMILES string of the molecule is Nc1cc(Br)cnc1NC1(CO)CCCCC1. The molecule has 0 unspecified atom stereocenters. The maximum absolute atomic E-state index is 9.61. The summed E-state index contributed by atoms with van der Waals surface area (Å²) in [4.78, 5) is 4.27. The van der Waals surface area contributed by atoms with E-state index < -0.39 is 0 Å². The summed E-state index contributed by atoms with van der Waals surface area (Å²) in [5.74, 6) is 0.671. The molecular weight excluding hydrogens is 282 g/mol. The maximum atomic E-state index is 9.61. The van der Waals surface area contributed by atoms with Gasteiger partial charge in [-0.1, -0.05) is 19.3 Å². The summed E-state index contributed by atoms with van der Waals surface area (Å²) in [6.07, 6.45) is 7.19. The molecule has 0 aromatic carbocycles. The molecule has 0 saturated heterocycles. The van der Waals surface area contributed by atoms with E-state index >= 15 is 0 Å². The van der Waals surface area contributed by atoms with Crippen LogP contribution in [0.1, 0.15) is 32.1 Å². The van der Waals surface area contributed by atoms with Crippen LogP contribution in [0.3, 0.4) is 0 Å². The number of aromatic nitrogens is 1. The highest BCUT2D eigenvalue weighted by Crippen LogP contribution is 2.32.